The van der Waals surface area contributed by atoms with Gasteiger partial charge in [-0.2, -0.15) is 0 Å². The van der Waals surface area contributed by atoms with Crippen molar-refractivity contribution in [1.82, 2.24) is 0 Å². The number of nitrogens with one attached hydrogen (secondary N) is 1. The molecule has 1 N–H and O–H groups in total. The number of carbonyl (C=O) groups excluding carboxylic acids is 1. The summed E-state index contributed by atoms with van der Waals surface area (Å²) in [6.45, 7) is 1.89. The van der Waals surface area contributed by atoms with Gasteiger partial charge in [0, 0.05) is 10.5 Å². The maximum atomic E-state index is 13.4. The number of amides is 1. The Kier molecular flexibility index (Phi) is 3.95. The van der Waals surface area contributed by atoms with Crippen LogP contribution in [-0.2, 0) is 0 Å². The van der Waals surface area contributed by atoms with E-state index in [0.717, 1.165) is 17.7 Å². The van der Waals surface area contributed by atoms with Crippen molar-refractivity contribution >= 4 is 27.5 Å². The SMILES string of the molecule is Cc1ccc(C(=O)Nc2ccc(F)cc2F)c(Br)c1. The van der Waals surface area contributed by atoms with Gasteiger partial charge >= 0.3 is 0 Å². The summed E-state index contributed by atoms with van der Waals surface area (Å²) in [4.78, 5) is 12.0. The molecule has 2 nitrogen and oxygen atoms in total. The van der Waals surface area contributed by atoms with E-state index in [-0.39, 0.29) is 5.69 Å². The molecule has 0 aliphatic rings. The summed E-state index contributed by atoms with van der Waals surface area (Å²) < 4.78 is 26.8. The van der Waals surface area contributed by atoms with Crippen molar-refractivity contribution in [2.24, 2.45) is 0 Å². The Morgan fingerprint density at radius 2 is 1.89 bits per heavy atom. The maximum Gasteiger partial charge on any atom is 0.256 e. The molecule has 0 saturated heterocycles. The first kappa shape index (κ1) is 13.7. The first-order valence-corrected chi connectivity index (χ1v) is 6.29. The summed E-state index contributed by atoms with van der Waals surface area (Å²) in [5.41, 5.74) is 1.32. The number of rotatable bonds is 2. The second kappa shape index (κ2) is 5.48. The molecule has 5 heteroatoms. The van der Waals surface area contributed by atoms with Gasteiger partial charge in [-0.25, -0.2) is 8.78 Å². The molecule has 0 aliphatic heterocycles. The predicted octanol–water partition coefficient (Wildman–Crippen LogP) is 4.29. The molecule has 2 rings (SSSR count). The third kappa shape index (κ3) is 3.17. The zero-order valence-corrected chi connectivity index (χ0v) is 11.6. The molecular weight excluding hydrogens is 316 g/mol. The Bertz CT molecular complexity index is 643. The van der Waals surface area contributed by atoms with Gasteiger partial charge < -0.3 is 5.32 Å². The number of benzene rings is 2. The molecule has 0 radical (unpaired) electrons. The molecule has 0 atom stereocenters. The normalized spacial score (nSPS) is 10.3. The second-order valence-corrected chi connectivity index (χ2v) is 4.92. The Hall–Kier alpha value is -1.75. The van der Waals surface area contributed by atoms with Gasteiger partial charge in [0.2, 0.25) is 0 Å². The number of carbonyl (C=O) groups is 1. The van der Waals surface area contributed by atoms with E-state index in [1.165, 1.54) is 6.07 Å². The minimum Gasteiger partial charge on any atom is -0.319 e. The Morgan fingerprint density at radius 3 is 2.53 bits per heavy atom. The van der Waals surface area contributed by atoms with E-state index in [1.54, 1.807) is 18.2 Å². The third-order valence-electron chi connectivity index (χ3n) is 2.55. The fraction of sp³-hybridized carbons (Fsp3) is 0.0714. The van der Waals surface area contributed by atoms with Crippen LogP contribution in [0.1, 0.15) is 15.9 Å². The molecule has 0 saturated carbocycles. The van der Waals surface area contributed by atoms with Crippen LogP contribution in [0.15, 0.2) is 40.9 Å². The topological polar surface area (TPSA) is 29.1 Å². The smallest absolute Gasteiger partial charge is 0.256 e. The Morgan fingerprint density at radius 1 is 1.16 bits per heavy atom. The molecule has 0 fully saturated rings. The lowest BCUT2D eigenvalue weighted by atomic mass is 10.1. The highest BCUT2D eigenvalue weighted by atomic mass is 79.9. The highest BCUT2D eigenvalue weighted by Gasteiger charge is 2.12. The van der Waals surface area contributed by atoms with Gasteiger partial charge in [0.1, 0.15) is 11.6 Å². The summed E-state index contributed by atoms with van der Waals surface area (Å²) in [6, 6.07) is 8.19. The van der Waals surface area contributed by atoms with Crippen LogP contribution in [0, 0.1) is 18.6 Å². The van der Waals surface area contributed by atoms with Crippen molar-refractivity contribution in [1.29, 1.82) is 0 Å². The van der Waals surface area contributed by atoms with E-state index < -0.39 is 17.5 Å². The summed E-state index contributed by atoms with van der Waals surface area (Å²) in [7, 11) is 0. The quantitative estimate of drug-likeness (QED) is 0.876. The molecular formula is C14H10BrF2NO. The fourth-order valence-corrected chi connectivity index (χ4v) is 2.26. The molecule has 0 heterocycles. The van der Waals surface area contributed by atoms with Gasteiger partial charge in [-0.05, 0) is 52.7 Å². The van der Waals surface area contributed by atoms with Gasteiger partial charge in [-0.1, -0.05) is 6.07 Å². The van der Waals surface area contributed by atoms with Crippen LogP contribution < -0.4 is 5.32 Å². The Balaban J connectivity index is 2.25. The van der Waals surface area contributed by atoms with Crippen molar-refractivity contribution < 1.29 is 13.6 Å². The van der Waals surface area contributed by atoms with Crippen molar-refractivity contribution in [3.8, 4) is 0 Å². The number of hydrogen-bond acceptors (Lipinski definition) is 1. The highest BCUT2D eigenvalue weighted by Crippen LogP contribution is 2.21. The van der Waals surface area contributed by atoms with Gasteiger partial charge in [0.25, 0.3) is 5.91 Å². The summed E-state index contributed by atoms with van der Waals surface area (Å²) in [6.07, 6.45) is 0. The van der Waals surface area contributed by atoms with E-state index in [4.69, 9.17) is 0 Å². The summed E-state index contributed by atoms with van der Waals surface area (Å²) in [5, 5.41) is 2.40. The maximum absolute atomic E-state index is 13.4. The second-order valence-electron chi connectivity index (χ2n) is 4.06. The third-order valence-corrected chi connectivity index (χ3v) is 3.20. The van der Waals surface area contributed by atoms with Gasteiger partial charge in [-0.15, -0.1) is 0 Å². The van der Waals surface area contributed by atoms with Crippen molar-refractivity contribution in [2.75, 3.05) is 5.32 Å². The van der Waals surface area contributed by atoms with Crippen molar-refractivity contribution in [2.45, 2.75) is 6.92 Å². The van der Waals surface area contributed by atoms with E-state index >= 15 is 0 Å². The molecule has 0 unspecified atom stereocenters. The van der Waals surface area contributed by atoms with Gasteiger partial charge in [0.15, 0.2) is 0 Å². The molecule has 0 bridgehead atoms. The summed E-state index contributed by atoms with van der Waals surface area (Å²) in [5.74, 6) is -1.96. The molecule has 2 aromatic carbocycles. The molecule has 0 aromatic heterocycles. The number of halogens is 3. The van der Waals surface area contributed by atoms with E-state index in [0.29, 0.717) is 10.0 Å². The molecule has 2 aromatic rings. The van der Waals surface area contributed by atoms with E-state index in [1.807, 2.05) is 6.92 Å². The highest BCUT2D eigenvalue weighted by molar-refractivity contribution is 9.10. The lowest BCUT2D eigenvalue weighted by Crippen LogP contribution is -2.13. The number of aryl methyl sites for hydroxylation is 1. The molecule has 0 aliphatic carbocycles. The number of anilines is 1. The van der Waals surface area contributed by atoms with E-state index in [2.05, 4.69) is 21.2 Å². The van der Waals surface area contributed by atoms with E-state index in [9.17, 15) is 13.6 Å². The lowest BCUT2D eigenvalue weighted by molar-refractivity contribution is 0.102. The number of hydrogen-bond donors (Lipinski definition) is 1. The molecule has 98 valence electrons. The first-order chi connectivity index (χ1) is 8.97. The van der Waals surface area contributed by atoms with Crippen LogP contribution in [0.25, 0.3) is 0 Å². The average Bonchev–Trinajstić information content (AvgIpc) is 2.32. The average molecular weight is 326 g/mol. The van der Waals surface area contributed by atoms with Gasteiger partial charge in [0.05, 0.1) is 11.3 Å². The van der Waals surface area contributed by atoms with Crippen LogP contribution in [0.5, 0.6) is 0 Å². The monoisotopic (exact) mass is 325 g/mol. The lowest BCUT2D eigenvalue weighted by Gasteiger charge is -2.08. The minimum absolute atomic E-state index is 0.0566. The van der Waals surface area contributed by atoms with Crippen LogP contribution in [-0.4, -0.2) is 5.91 Å². The molecule has 19 heavy (non-hydrogen) atoms. The fourth-order valence-electron chi connectivity index (χ4n) is 1.58. The Labute approximate surface area is 117 Å². The zero-order chi connectivity index (χ0) is 14.0. The van der Waals surface area contributed by atoms with Gasteiger partial charge in [-0.3, -0.25) is 4.79 Å². The summed E-state index contributed by atoms with van der Waals surface area (Å²) >= 11 is 3.28. The largest absolute Gasteiger partial charge is 0.319 e. The molecule has 1 amide bonds. The first-order valence-electron chi connectivity index (χ1n) is 5.50. The predicted molar refractivity (Wildman–Crippen MR) is 73.2 cm³/mol. The van der Waals surface area contributed by atoms with Crippen molar-refractivity contribution in [3.63, 3.8) is 0 Å². The van der Waals surface area contributed by atoms with Crippen LogP contribution in [0.2, 0.25) is 0 Å². The zero-order valence-electron chi connectivity index (χ0n) is 10.0. The van der Waals surface area contributed by atoms with Crippen LogP contribution in [0.4, 0.5) is 14.5 Å². The molecule has 0 spiro atoms. The van der Waals surface area contributed by atoms with Crippen LogP contribution >= 0.6 is 15.9 Å². The standard InChI is InChI=1S/C14H10BrF2NO/c1-8-2-4-10(11(15)6-8)14(19)18-13-5-3-9(16)7-12(13)17/h2-7H,1H3,(H,18,19). The van der Waals surface area contributed by atoms with Crippen LogP contribution in [0.3, 0.4) is 0 Å². The van der Waals surface area contributed by atoms with Crippen molar-refractivity contribution in [3.05, 3.63) is 63.6 Å². The minimum atomic E-state index is -0.809.